The molecular weight excluding hydrogens is 208 g/mol. The van der Waals surface area contributed by atoms with Crippen molar-refractivity contribution in [2.75, 3.05) is 33.2 Å². The number of hydrogen-bond acceptors (Lipinski definition) is 2. The summed E-state index contributed by atoms with van der Waals surface area (Å²) < 4.78 is 0. The Morgan fingerprint density at radius 2 is 2.20 bits per heavy atom. The van der Waals surface area contributed by atoms with Crippen LogP contribution in [0.5, 0.6) is 0 Å². The minimum Gasteiger partial charge on any atom is -0.315 e. The molecule has 15 heavy (non-hydrogen) atoms. The lowest BCUT2D eigenvalue weighted by Crippen LogP contribution is -2.24. The normalized spacial score (nSPS) is 23.7. The number of rotatable bonds is 1. The number of halogens is 1. The first-order valence-corrected chi connectivity index (χ1v) is 5.79. The van der Waals surface area contributed by atoms with Crippen molar-refractivity contribution in [1.82, 2.24) is 10.2 Å². The van der Waals surface area contributed by atoms with Crippen LogP contribution >= 0.6 is 11.6 Å². The molecule has 0 spiro atoms. The monoisotopic (exact) mass is 224 g/mol. The molecule has 1 unspecified atom stereocenters. The van der Waals surface area contributed by atoms with Gasteiger partial charge in [0.25, 0.3) is 0 Å². The van der Waals surface area contributed by atoms with E-state index >= 15 is 0 Å². The third kappa shape index (κ3) is 2.71. The van der Waals surface area contributed by atoms with Gasteiger partial charge in [-0.15, -0.1) is 0 Å². The average Bonchev–Trinajstić information content (AvgIpc) is 2.43. The standard InChI is InChI=1S/C12H17ClN2/c1-15-7-6-14-8-10(9-15)11-4-2-3-5-12(11)13/h2-5,10,14H,6-9H2,1H3. The molecule has 0 aromatic heterocycles. The Labute approximate surface area is 96.2 Å². The summed E-state index contributed by atoms with van der Waals surface area (Å²) in [7, 11) is 2.16. The number of hydrogen-bond donors (Lipinski definition) is 1. The molecule has 3 heteroatoms. The van der Waals surface area contributed by atoms with Crippen molar-refractivity contribution in [3.05, 3.63) is 34.9 Å². The zero-order valence-electron chi connectivity index (χ0n) is 9.04. The van der Waals surface area contributed by atoms with E-state index in [4.69, 9.17) is 11.6 Å². The van der Waals surface area contributed by atoms with Crippen LogP contribution in [0.25, 0.3) is 0 Å². The summed E-state index contributed by atoms with van der Waals surface area (Å²) in [5.74, 6) is 0.506. The molecule has 0 radical (unpaired) electrons. The van der Waals surface area contributed by atoms with Crippen LogP contribution in [0.3, 0.4) is 0 Å². The Morgan fingerprint density at radius 3 is 3.00 bits per heavy atom. The van der Waals surface area contributed by atoms with E-state index in [1.165, 1.54) is 5.56 Å². The first-order chi connectivity index (χ1) is 7.27. The van der Waals surface area contributed by atoms with Crippen molar-refractivity contribution in [3.8, 4) is 0 Å². The summed E-state index contributed by atoms with van der Waals surface area (Å²) in [6.07, 6.45) is 0. The summed E-state index contributed by atoms with van der Waals surface area (Å²) in [6, 6.07) is 8.15. The van der Waals surface area contributed by atoms with E-state index in [-0.39, 0.29) is 0 Å². The van der Waals surface area contributed by atoms with Gasteiger partial charge >= 0.3 is 0 Å². The van der Waals surface area contributed by atoms with Crippen LogP contribution in [-0.2, 0) is 0 Å². The Bertz CT molecular complexity index is 327. The highest BCUT2D eigenvalue weighted by Crippen LogP contribution is 2.25. The van der Waals surface area contributed by atoms with Gasteiger partial charge in [0.15, 0.2) is 0 Å². The van der Waals surface area contributed by atoms with Gasteiger partial charge in [-0.05, 0) is 18.7 Å². The molecule has 2 nitrogen and oxygen atoms in total. The summed E-state index contributed by atoms with van der Waals surface area (Å²) in [4.78, 5) is 2.36. The van der Waals surface area contributed by atoms with Gasteiger partial charge in [-0.25, -0.2) is 0 Å². The molecule has 1 aliphatic rings. The molecule has 1 aromatic carbocycles. The fraction of sp³-hybridized carbons (Fsp3) is 0.500. The van der Waals surface area contributed by atoms with Crippen molar-refractivity contribution < 1.29 is 0 Å². The minimum absolute atomic E-state index is 0.506. The van der Waals surface area contributed by atoms with Crippen molar-refractivity contribution in [2.45, 2.75) is 5.92 Å². The Balaban J connectivity index is 2.18. The second kappa shape index (κ2) is 4.97. The molecule has 1 saturated heterocycles. The molecule has 82 valence electrons. The van der Waals surface area contributed by atoms with E-state index in [0.29, 0.717) is 5.92 Å². The van der Waals surface area contributed by atoms with Crippen molar-refractivity contribution in [3.63, 3.8) is 0 Å². The fourth-order valence-electron chi connectivity index (χ4n) is 2.09. The molecule has 1 heterocycles. The summed E-state index contributed by atoms with van der Waals surface area (Å²) in [5.41, 5.74) is 1.26. The molecule has 1 N–H and O–H groups in total. The maximum absolute atomic E-state index is 6.21. The van der Waals surface area contributed by atoms with Gasteiger partial charge in [0.1, 0.15) is 0 Å². The van der Waals surface area contributed by atoms with Gasteiger partial charge < -0.3 is 10.2 Å². The summed E-state index contributed by atoms with van der Waals surface area (Å²) in [5, 5.41) is 4.34. The Hall–Kier alpha value is -0.570. The SMILES string of the molecule is CN1CCNCC(c2ccccc2Cl)C1. The van der Waals surface area contributed by atoms with Crippen LogP contribution in [0.4, 0.5) is 0 Å². The average molecular weight is 225 g/mol. The quantitative estimate of drug-likeness (QED) is 0.785. The molecule has 0 bridgehead atoms. The van der Waals surface area contributed by atoms with Crippen LogP contribution in [0, 0.1) is 0 Å². The highest BCUT2D eigenvalue weighted by molar-refractivity contribution is 6.31. The highest BCUT2D eigenvalue weighted by atomic mass is 35.5. The van der Waals surface area contributed by atoms with E-state index < -0.39 is 0 Å². The number of nitrogens with zero attached hydrogens (tertiary/aromatic N) is 1. The third-order valence-corrected chi connectivity index (χ3v) is 3.28. The number of likely N-dealkylation sites (N-methyl/N-ethyl adjacent to an activating group) is 1. The Kier molecular flexibility index (Phi) is 3.62. The maximum atomic E-state index is 6.21. The lowest BCUT2D eigenvalue weighted by molar-refractivity contribution is 0.342. The number of nitrogens with one attached hydrogen (secondary N) is 1. The minimum atomic E-state index is 0.506. The largest absolute Gasteiger partial charge is 0.315 e. The van der Waals surface area contributed by atoms with Crippen LogP contribution in [0.2, 0.25) is 5.02 Å². The van der Waals surface area contributed by atoms with Crippen LogP contribution in [0.15, 0.2) is 24.3 Å². The maximum Gasteiger partial charge on any atom is 0.0441 e. The smallest absolute Gasteiger partial charge is 0.0441 e. The predicted octanol–water partition coefficient (Wildman–Crippen LogP) is 1.96. The molecule has 0 amide bonds. The molecule has 1 atom stereocenters. The van der Waals surface area contributed by atoms with E-state index in [1.54, 1.807) is 0 Å². The molecule has 1 aliphatic heterocycles. The van der Waals surface area contributed by atoms with Gasteiger partial charge in [-0.1, -0.05) is 29.8 Å². The topological polar surface area (TPSA) is 15.3 Å². The van der Waals surface area contributed by atoms with Gasteiger partial charge in [0.05, 0.1) is 0 Å². The molecule has 0 saturated carbocycles. The Morgan fingerprint density at radius 1 is 1.40 bits per heavy atom. The van der Waals surface area contributed by atoms with Crippen molar-refractivity contribution in [1.29, 1.82) is 0 Å². The lowest BCUT2D eigenvalue weighted by Gasteiger charge is -2.20. The second-order valence-corrected chi connectivity index (χ2v) is 4.59. The van der Waals surface area contributed by atoms with E-state index in [2.05, 4.69) is 29.4 Å². The van der Waals surface area contributed by atoms with Gasteiger partial charge in [-0.2, -0.15) is 0 Å². The van der Waals surface area contributed by atoms with Crippen molar-refractivity contribution >= 4 is 11.6 Å². The first-order valence-electron chi connectivity index (χ1n) is 5.41. The molecule has 1 fully saturated rings. The molecular formula is C12H17ClN2. The third-order valence-electron chi connectivity index (χ3n) is 2.94. The van der Waals surface area contributed by atoms with E-state index in [0.717, 1.165) is 31.2 Å². The second-order valence-electron chi connectivity index (χ2n) is 4.18. The zero-order chi connectivity index (χ0) is 10.7. The molecule has 1 aromatic rings. The summed E-state index contributed by atoms with van der Waals surface area (Å²) in [6.45, 7) is 4.28. The van der Waals surface area contributed by atoms with E-state index in [1.807, 2.05) is 12.1 Å². The first kappa shape index (κ1) is 10.9. The lowest BCUT2D eigenvalue weighted by atomic mass is 9.99. The highest BCUT2D eigenvalue weighted by Gasteiger charge is 2.18. The fourth-order valence-corrected chi connectivity index (χ4v) is 2.38. The molecule has 2 rings (SSSR count). The van der Waals surface area contributed by atoms with Gasteiger partial charge in [-0.3, -0.25) is 0 Å². The van der Waals surface area contributed by atoms with Gasteiger partial charge in [0, 0.05) is 37.1 Å². The van der Waals surface area contributed by atoms with Crippen LogP contribution < -0.4 is 5.32 Å². The van der Waals surface area contributed by atoms with Gasteiger partial charge in [0.2, 0.25) is 0 Å². The number of benzene rings is 1. The summed E-state index contributed by atoms with van der Waals surface area (Å²) >= 11 is 6.21. The van der Waals surface area contributed by atoms with Crippen LogP contribution in [0.1, 0.15) is 11.5 Å². The molecule has 0 aliphatic carbocycles. The van der Waals surface area contributed by atoms with Crippen molar-refractivity contribution in [2.24, 2.45) is 0 Å². The van der Waals surface area contributed by atoms with E-state index in [9.17, 15) is 0 Å². The van der Waals surface area contributed by atoms with Crippen LogP contribution in [-0.4, -0.2) is 38.1 Å². The predicted molar refractivity (Wildman–Crippen MR) is 64.6 cm³/mol. The zero-order valence-corrected chi connectivity index (χ0v) is 9.80.